The summed E-state index contributed by atoms with van der Waals surface area (Å²) in [6, 6.07) is 2.83. The Morgan fingerprint density at radius 3 is 2.94 bits per heavy atom. The molecule has 0 radical (unpaired) electrons. The number of aryl methyl sites for hydroxylation is 1. The molecule has 1 N–H and O–H groups in total. The number of rotatable bonds is 3. The first kappa shape index (κ1) is 11.6. The molecule has 0 saturated heterocycles. The summed E-state index contributed by atoms with van der Waals surface area (Å²) >= 11 is 0. The van der Waals surface area contributed by atoms with Crippen molar-refractivity contribution in [3.8, 4) is 0 Å². The number of aromatic nitrogens is 2. The molecule has 3 heteroatoms. The summed E-state index contributed by atoms with van der Waals surface area (Å²) in [5.74, 6) is 0.648. The molecule has 1 aliphatic carbocycles. The summed E-state index contributed by atoms with van der Waals surface area (Å²) in [5, 5.41) is 7.89. The highest BCUT2D eigenvalue weighted by molar-refractivity contribution is 5.11. The minimum Gasteiger partial charge on any atom is -0.316 e. The third-order valence-electron chi connectivity index (χ3n) is 3.82. The number of nitrogens with one attached hydrogen (secondary N) is 1. The van der Waals surface area contributed by atoms with Gasteiger partial charge in [-0.05, 0) is 32.9 Å². The van der Waals surface area contributed by atoms with Crippen molar-refractivity contribution >= 4 is 0 Å². The second-order valence-electron chi connectivity index (χ2n) is 4.71. The smallest absolute Gasteiger partial charge is 0.0492 e. The van der Waals surface area contributed by atoms with Gasteiger partial charge in [0.1, 0.15) is 0 Å². The average molecular weight is 221 g/mol. The molecule has 0 amide bonds. The van der Waals surface area contributed by atoms with Gasteiger partial charge in [-0.2, -0.15) is 5.10 Å². The van der Waals surface area contributed by atoms with Crippen LogP contribution in [-0.2, 0) is 6.54 Å². The fraction of sp³-hybridized carbons (Fsp3) is 0.769. The number of hydrogen-bond donors (Lipinski definition) is 1. The first-order chi connectivity index (χ1) is 7.86. The third-order valence-corrected chi connectivity index (χ3v) is 3.82. The van der Waals surface area contributed by atoms with Crippen LogP contribution >= 0.6 is 0 Å². The van der Waals surface area contributed by atoms with E-state index in [-0.39, 0.29) is 0 Å². The monoisotopic (exact) mass is 221 g/mol. The van der Waals surface area contributed by atoms with Crippen molar-refractivity contribution in [2.45, 2.75) is 57.5 Å². The van der Waals surface area contributed by atoms with Crippen LogP contribution in [0.5, 0.6) is 0 Å². The predicted octanol–water partition coefficient (Wildman–Crippen LogP) is 2.54. The van der Waals surface area contributed by atoms with Crippen molar-refractivity contribution in [1.82, 2.24) is 15.1 Å². The Morgan fingerprint density at radius 2 is 2.19 bits per heavy atom. The van der Waals surface area contributed by atoms with Crippen LogP contribution in [0.15, 0.2) is 12.3 Å². The van der Waals surface area contributed by atoms with Crippen LogP contribution in [0.1, 0.15) is 50.6 Å². The highest BCUT2D eigenvalue weighted by Gasteiger charge is 2.26. The van der Waals surface area contributed by atoms with Gasteiger partial charge in [0.2, 0.25) is 0 Å². The van der Waals surface area contributed by atoms with Crippen LogP contribution < -0.4 is 5.32 Å². The molecular formula is C13H23N3. The quantitative estimate of drug-likeness (QED) is 0.795. The highest BCUT2D eigenvalue weighted by Crippen LogP contribution is 2.31. The lowest BCUT2D eigenvalue weighted by molar-refractivity contribution is 0.413. The normalized spacial score (nSPS) is 26.6. The van der Waals surface area contributed by atoms with E-state index >= 15 is 0 Å². The van der Waals surface area contributed by atoms with Crippen molar-refractivity contribution in [3.63, 3.8) is 0 Å². The standard InChI is InChI=1S/C13H23N3/c1-3-16-13(9-10-15-16)11-7-5-4-6-8-12(11)14-2/h9-12,14H,3-8H2,1-2H3. The van der Waals surface area contributed by atoms with E-state index in [0.717, 1.165) is 6.54 Å². The molecule has 1 saturated carbocycles. The minimum absolute atomic E-state index is 0.629. The van der Waals surface area contributed by atoms with Gasteiger partial charge >= 0.3 is 0 Å². The molecule has 16 heavy (non-hydrogen) atoms. The number of likely N-dealkylation sites (N-methyl/N-ethyl adjacent to an activating group) is 1. The van der Waals surface area contributed by atoms with Crippen LogP contribution in [0.2, 0.25) is 0 Å². The summed E-state index contributed by atoms with van der Waals surface area (Å²) in [4.78, 5) is 0. The summed E-state index contributed by atoms with van der Waals surface area (Å²) in [6.07, 6.45) is 8.65. The Morgan fingerprint density at radius 1 is 1.38 bits per heavy atom. The molecule has 2 atom stereocenters. The van der Waals surface area contributed by atoms with E-state index in [4.69, 9.17) is 0 Å². The van der Waals surface area contributed by atoms with Crippen LogP contribution in [0.3, 0.4) is 0 Å². The fourth-order valence-electron chi connectivity index (χ4n) is 2.93. The van der Waals surface area contributed by atoms with Gasteiger partial charge < -0.3 is 5.32 Å². The molecule has 1 fully saturated rings. The van der Waals surface area contributed by atoms with Gasteiger partial charge in [0.15, 0.2) is 0 Å². The van der Waals surface area contributed by atoms with Gasteiger partial charge in [-0.1, -0.05) is 19.3 Å². The molecule has 1 aromatic heterocycles. The molecule has 0 aliphatic heterocycles. The van der Waals surface area contributed by atoms with Crippen molar-refractivity contribution in [2.24, 2.45) is 0 Å². The average Bonchev–Trinajstić information content (AvgIpc) is 2.66. The Bertz CT molecular complexity index is 319. The van der Waals surface area contributed by atoms with E-state index in [1.807, 2.05) is 6.20 Å². The first-order valence-electron chi connectivity index (χ1n) is 6.55. The second-order valence-corrected chi connectivity index (χ2v) is 4.71. The molecule has 1 heterocycles. The third kappa shape index (κ3) is 2.29. The molecule has 0 spiro atoms. The van der Waals surface area contributed by atoms with Gasteiger partial charge in [-0.15, -0.1) is 0 Å². The Kier molecular flexibility index (Phi) is 3.99. The van der Waals surface area contributed by atoms with Gasteiger partial charge in [0.25, 0.3) is 0 Å². The van der Waals surface area contributed by atoms with E-state index in [2.05, 4.69) is 35.1 Å². The zero-order chi connectivity index (χ0) is 11.4. The van der Waals surface area contributed by atoms with E-state index < -0.39 is 0 Å². The van der Waals surface area contributed by atoms with Gasteiger partial charge in [-0.25, -0.2) is 0 Å². The van der Waals surface area contributed by atoms with Gasteiger partial charge in [-0.3, -0.25) is 4.68 Å². The lowest BCUT2D eigenvalue weighted by Crippen LogP contribution is -2.32. The number of hydrogen-bond acceptors (Lipinski definition) is 2. The van der Waals surface area contributed by atoms with E-state index in [9.17, 15) is 0 Å². The zero-order valence-corrected chi connectivity index (χ0v) is 10.4. The van der Waals surface area contributed by atoms with E-state index in [0.29, 0.717) is 12.0 Å². The zero-order valence-electron chi connectivity index (χ0n) is 10.4. The lowest BCUT2D eigenvalue weighted by atomic mass is 9.91. The van der Waals surface area contributed by atoms with Crippen molar-refractivity contribution in [2.75, 3.05) is 7.05 Å². The molecule has 90 valence electrons. The fourth-order valence-corrected chi connectivity index (χ4v) is 2.93. The van der Waals surface area contributed by atoms with Crippen molar-refractivity contribution < 1.29 is 0 Å². The predicted molar refractivity (Wildman–Crippen MR) is 66.6 cm³/mol. The molecule has 1 aliphatic rings. The molecule has 3 nitrogen and oxygen atoms in total. The molecule has 2 rings (SSSR count). The van der Waals surface area contributed by atoms with E-state index in [1.54, 1.807) is 0 Å². The molecular weight excluding hydrogens is 198 g/mol. The molecule has 0 bridgehead atoms. The minimum atomic E-state index is 0.629. The Balaban J connectivity index is 2.21. The maximum atomic E-state index is 4.40. The summed E-state index contributed by atoms with van der Waals surface area (Å²) < 4.78 is 2.15. The summed E-state index contributed by atoms with van der Waals surface area (Å²) in [7, 11) is 2.09. The number of nitrogens with zero attached hydrogens (tertiary/aromatic N) is 2. The Labute approximate surface area is 98.2 Å². The molecule has 1 aromatic rings. The van der Waals surface area contributed by atoms with Crippen LogP contribution in [-0.4, -0.2) is 22.9 Å². The highest BCUT2D eigenvalue weighted by atomic mass is 15.3. The largest absolute Gasteiger partial charge is 0.316 e. The van der Waals surface area contributed by atoms with Crippen molar-refractivity contribution in [1.29, 1.82) is 0 Å². The van der Waals surface area contributed by atoms with Gasteiger partial charge in [0, 0.05) is 30.4 Å². The van der Waals surface area contributed by atoms with Crippen molar-refractivity contribution in [3.05, 3.63) is 18.0 Å². The maximum absolute atomic E-state index is 4.40. The molecule has 0 aromatic carbocycles. The van der Waals surface area contributed by atoms with E-state index in [1.165, 1.54) is 37.8 Å². The second kappa shape index (κ2) is 5.48. The maximum Gasteiger partial charge on any atom is 0.0492 e. The first-order valence-corrected chi connectivity index (χ1v) is 6.55. The van der Waals surface area contributed by atoms with Crippen LogP contribution in [0.25, 0.3) is 0 Å². The van der Waals surface area contributed by atoms with Crippen LogP contribution in [0, 0.1) is 0 Å². The topological polar surface area (TPSA) is 29.9 Å². The van der Waals surface area contributed by atoms with Crippen LogP contribution in [0.4, 0.5) is 0 Å². The molecule has 2 unspecified atom stereocenters. The summed E-state index contributed by atoms with van der Waals surface area (Å²) in [6.45, 7) is 3.15. The lowest BCUT2D eigenvalue weighted by Gasteiger charge is -2.25. The summed E-state index contributed by atoms with van der Waals surface area (Å²) in [5.41, 5.74) is 1.42. The Hall–Kier alpha value is -0.830. The van der Waals surface area contributed by atoms with Gasteiger partial charge in [0.05, 0.1) is 0 Å². The SMILES string of the molecule is CCn1nccc1C1CCCCCC1NC.